The number of hydrogen-bond acceptors (Lipinski definition) is 1. The van der Waals surface area contributed by atoms with Crippen molar-refractivity contribution in [3.05, 3.63) is 33.8 Å². The van der Waals surface area contributed by atoms with E-state index >= 15 is 0 Å². The van der Waals surface area contributed by atoms with E-state index in [4.69, 9.17) is 4.74 Å². The maximum absolute atomic E-state index is 5.18. The Balaban J connectivity index is 2.39. The maximum atomic E-state index is 5.18. The highest BCUT2D eigenvalue weighted by Gasteiger charge is 2.24. The number of halogens is 1. The third-order valence-electron chi connectivity index (χ3n) is 1.77. The van der Waals surface area contributed by atoms with Crippen molar-refractivity contribution in [3.8, 4) is 0 Å². The molecule has 0 aliphatic carbocycles. The highest BCUT2D eigenvalue weighted by Crippen LogP contribution is 2.31. The Hall–Kier alpha value is -0.340. The van der Waals surface area contributed by atoms with Crippen LogP contribution in [0.15, 0.2) is 22.7 Å². The van der Waals surface area contributed by atoms with Gasteiger partial charge in [-0.1, -0.05) is 22.0 Å². The summed E-state index contributed by atoms with van der Waals surface area (Å²) in [6.45, 7) is 2.98. The minimum Gasteiger partial charge on any atom is -0.368 e. The van der Waals surface area contributed by atoms with E-state index in [2.05, 4.69) is 41.1 Å². The molecule has 1 aromatic rings. The van der Waals surface area contributed by atoms with Crippen LogP contribution in [0.2, 0.25) is 0 Å². The molecule has 2 heteroatoms. The fourth-order valence-electron chi connectivity index (χ4n) is 1.19. The highest BCUT2D eigenvalue weighted by molar-refractivity contribution is 9.10. The van der Waals surface area contributed by atoms with Gasteiger partial charge in [0.2, 0.25) is 0 Å². The topological polar surface area (TPSA) is 12.5 Å². The Bertz CT molecular complexity index is 259. The average Bonchev–Trinajstić information content (AvgIpc) is 2.64. The van der Waals surface area contributed by atoms with Gasteiger partial charge in [0.25, 0.3) is 0 Å². The number of rotatable bonds is 1. The van der Waals surface area contributed by atoms with Gasteiger partial charge in [0, 0.05) is 4.47 Å². The molecule has 0 radical (unpaired) electrons. The third kappa shape index (κ3) is 1.63. The lowest BCUT2D eigenvalue weighted by atomic mass is 10.1. The monoisotopic (exact) mass is 212 g/mol. The molecule has 0 spiro atoms. The lowest BCUT2D eigenvalue weighted by Gasteiger charge is -1.99. The molecule has 1 aliphatic heterocycles. The zero-order valence-corrected chi connectivity index (χ0v) is 7.89. The van der Waals surface area contributed by atoms with Gasteiger partial charge in [-0.25, -0.2) is 0 Å². The van der Waals surface area contributed by atoms with Crippen molar-refractivity contribution in [1.29, 1.82) is 0 Å². The smallest absolute Gasteiger partial charge is 0.106 e. The van der Waals surface area contributed by atoms with E-state index in [0.717, 1.165) is 11.1 Å². The molecule has 2 rings (SSSR count). The molecule has 0 aromatic heterocycles. The molecule has 11 heavy (non-hydrogen) atoms. The average molecular weight is 213 g/mol. The van der Waals surface area contributed by atoms with Crippen LogP contribution in [-0.2, 0) is 4.74 Å². The van der Waals surface area contributed by atoms with E-state index in [1.807, 2.05) is 0 Å². The van der Waals surface area contributed by atoms with Crippen LogP contribution in [0.1, 0.15) is 17.2 Å². The molecule has 0 unspecified atom stereocenters. The fraction of sp³-hybridized carbons (Fsp3) is 0.333. The van der Waals surface area contributed by atoms with E-state index < -0.39 is 0 Å². The van der Waals surface area contributed by atoms with Crippen LogP contribution in [0.4, 0.5) is 0 Å². The number of epoxide rings is 1. The first kappa shape index (κ1) is 7.32. The molecule has 1 nitrogen and oxygen atoms in total. The van der Waals surface area contributed by atoms with Gasteiger partial charge in [-0.3, -0.25) is 0 Å². The van der Waals surface area contributed by atoms with Crippen molar-refractivity contribution in [3.63, 3.8) is 0 Å². The molecule has 1 heterocycles. The van der Waals surface area contributed by atoms with E-state index in [-0.39, 0.29) is 0 Å². The Kier molecular flexibility index (Phi) is 1.74. The predicted octanol–water partition coefficient (Wildman–Crippen LogP) is 2.83. The number of hydrogen-bond donors (Lipinski definition) is 0. The first-order valence-corrected chi connectivity index (χ1v) is 4.44. The van der Waals surface area contributed by atoms with Crippen LogP contribution in [0.25, 0.3) is 0 Å². The van der Waals surface area contributed by atoms with Gasteiger partial charge in [0.05, 0.1) is 6.61 Å². The number of ether oxygens (including phenoxy) is 1. The van der Waals surface area contributed by atoms with Gasteiger partial charge in [-0.2, -0.15) is 0 Å². The molecule has 0 bridgehead atoms. The summed E-state index contributed by atoms with van der Waals surface area (Å²) >= 11 is 3.45. The van der Waals surface area contributed by atoms with Crippen LogP contribution in [0.5, 0.6) is 0 Å². The van der Waals surface area contributed by atoms with Gasteiger partial charge in [0.1, 0.15) is 6.10 Å². The van der Waals surface area contributed by atoms with Gasteiger partial charge in [-0.05, 0) is 30.2 Å². The second-order valence-corrected chi connectivity index (χ2v) is 3.80. The molecule has 0 N–H and O–H groups in total. The normalized spacial score (nSPS) is 21.8. The van der Waals surface area contributed by atoms with E-state index in [1.54, 1.807) is 0 Å². The largest absolute Gasteiger partial charge is 0.368 e. The molecule has 58 valence electrons. The molecule has 0 amide bonds. The zero-order valence-electron chi connectivity index (χ0n) is 6.30. The zero-order chi connectivity index (χ0) is 7.84. The van der Waals surface area contributed by atoms with Gasteiger partial charge >= 0.3 is 0 Å². The quantitative estimate of drug-likeness (QED) is 0.653. The molecular formula is C9H9BrO. The molecule has 1 saturated heterocycles. The SMILES string of the molecule is Cc1cc(Br)cc([C@H]2CO2)c1. The minimum atomic E-state index is 0.367. The van der Waals surface area contributed by atoms with Gasteiger partial charge in [-0.15, -0.1) is 0 Å². The second-order valence-electron chi connectivity index (χ2n) is 2.88. The summed E-state index contributed by atoms with van der Waals surface area (Å²) < 4.78 is 6.33. The summed E-state index contributed by atoms with van der Waals surface area (Å²) in [4.78, 5) is 0. The first-order chi connectivity index (χ1) is 5.25. The Morgan fingerprint density at radius 1 is 1.45 bits per heavy atom. The van der Waals surface area contributed by atoms with Crippen molar-refractivity contribution >= 4 is 15.9 Å². The van der Waals surface area contributed by atoms with Gasteiger partial charge < -0.3 is 4.74 Å². The summed E-state index contributed by atoms with van der Waals surface area (Å²) in [5.41, 5.74) is 2.57. The van der Waals surface area contributed by atoms with Crippen molar-refractivity contribution in [2.45, 2.75) is 13.0 Å². The molecule has 1 aromatic carbocycles. The second kappa shape index (κ2) is 2.61. The van der Waals surface area contributed by atoms with E-state index in [0.29, 0.717) is 6.10 Å². The fourth-order valence-corrected chi connectivity index (χ4v) is 1.82. The van der Waals surface area contributed by atoms with E-state index in [9.17, 15) is 0 Å². The number of aryl methyl sites for hydroxylation is 1. The maximum Gasteiger partial charge on any atom is 0.106 e. The van der Waals surface area contributed by atoms with Crippen LogP contribution in [0.3, 0.4) is 0 Å². The first-order valence-electron chi connectivity index (χ1n) is 3.64. The molecule has 1 fully saturated rings. The summed E-state index contributed by atoms with van der Waals surface area (Å²) in [6.07, 6.45) is 0.367. The van der Waals surface area contributed by atoms with Crippen molar-refractivity contribution in [2.75, 3.05) is 6.61 Å². The molecule has 1 aliphatic rings. The summed E-state index contributed by atoms with van der Waals surface area (Å²) in [7, 11) is 0. The van der Waals surface area contributed by atoms with Crippen LogP contribution < -0.4 is 0 Å². The Morgan fingerprint density at radius 3 is 2.73 bits per heavy atom. The summed E-state index contributed by atoms with van der Waals surface area (Å²) in [5.74, 6) is 0. The van der Waals surface area contributed by atoms with Gasteiger partial charge in [0.15, 0.2) is 0 Å². The van der Waals surface area contributed by atoms with Crippen LogP contribution >= 0.6 is 15.9 Å². The molecule has 0 saturated carbocycles. The lowest BCUT2D eigenvalue weighted by molar-refractivity contribution is 0.415. The van der Waals surface area contributed by atoms with Crippen molar-refractivity contribution in [2.24, 2.45) is 0 Å². The van der Waals surface area contributed by atoms with E-state index in [1.165, 1.54) is 11.1 Å². The predicted molar refractivity (Wildman–Crippen MR) is 47.6 cm³/mol. The molecular weight excluding hydrogens is 204 g/mol. The van der Waals surface area contributed by atoms with Crippen LogP contribution in [-0.4, -0.2) is 6.61 Å². The summed E-state index contributed by atoms with van der Waals surface area (Å²) in [6, 6.07) is 6.39. The Labute approximate surface area is 74.5 Å². The van der Waals surface area contributed by atoms with Crippen LogP contribution in [0, 0.1) is 6.92 Å². The lowest BCUT2D eigenvalue weighted by Crippen LogP contribution is -1.82. The Morgan fingerprint density at radius 2 is 2.18 bits per heavy atom. The molecule has 1 atom stereocenters. The number of benzene rings is 1. The third-order valence-corrected chi connectivity index (χ3v) is 2.23. The van der Waals surface area contributed by atoms with Crippen molar-refractivity contribution < 1.29 is 4.74 Å². The standard InChI is InChI=1S/C9H9BrO/c1-6-2-7(9-5-11-9)4-8(10)3-6/h2-4,9H,5H2,1H3/t9-/m1/s1. The van der Waals surface area contributed by atoms with Crippen molar-refractivity contribution in [1.82, 2.24) is 0 Å². The summed E-state index contributed by atoms with van der Waals surface area (Å²) in [5, 5.41) is 0. The highest BCUT2D eigenvalue weighted by atomic mass is 79.9. The minimum absolute atomic E-state index is 0.367.